The number of hydrogen-bond donors (Lipinski definition) is 0. The topological polar surface area (TPSA) is 71.1 Å². The molecule has 6 heteroatoms. The number of aromatic nitrogens is 4. The summed E-state index contributed by atoms with van der Waals surface area (Å²) in [6.45, 7) is 0. The minimum Gasteiger partial charge on any atom is -0.657 e. The monoisotopic (exact) mass is 730 g/mol. The maximum absolute atomic E-state index is 11.7. The molecule has 2 aliphatic heterocycles. The molecule has 5 nitrogen and oxygen atoms in total. The van der Waals surface area contributed by atoms with E-state index >= 15 is 0 Å². The van der Waals surface area contributed by atoms with Gasteiger partial charge < -0.3 is 9.97 Å². The van der Waals surface area contributed by atoms with E-state index in [1.165, 1.54) is 6.08 Å². The number of allylic oxidation sites excluding steroid dienone is 1. The Morgan fingerprint density at radius 1 is 0.434 bits per heavy atom. The maximum atomic E-state index is 11.7. The number of fused-ring (bicyclic) bond motifs is 8. The first-order valence-electron chi connectivity index (χ1n) is 17.2. The van der Waals surface area contributed by atoms with E-state index in [-0.39, 0.29) is 19.5 Å². The standard InChI is InChI=1S/C47H31N4O.Zn/c52-29-13-22-35-30-42-45(33-18-9-3-10-19-33)40-26-25-38(49-40)43(31-14-5-1-6-15-31)36-23-24-37(48-36)44(32-16-7-2-8-17-32)39-27-28-41(50-39)46(47(35)51-42)34-20-11-4-12-21-34;/h1-30H,(H-,48,49,50,51,52);/q-1;+2/p-1. The predicted octanol–water partition coefficient (Wildman–Crippen LogP) is 10.8. The smallest absolute Gasteiger partial charge is 0.657 e. The molecule has 0 aliphatic carbocycles. The van der Waals surface area contributed by atoms with E-state index in [2.05, 4.69) is 85.0 Å². The fourth-order valence-electron chi connectivity index (χ4n) is 7.06. The Balaban J connectivity index is 0.00000400. The zero-order valence-electron chi connectivity index (χ0n) is 28.7. The van der Waals surface area contributed by atoms with Crippen molar-refractivity contribution < 1.29 is 24.3 Å². The molecular formula is C47H30N4OZn. The van der Waals surface area contributed by atoms with Gasteiger partial charge in [-0.05, 0) is 80.5 Å². The summed E-state index contributed by atoms with van der Waals surface area (Å²) >= 11 is 0. The Morgan fingerprint density at radius 3 is 1.23 bits per heavy atom. The van der Waals surface area contributed by atoms with E-state index < -0.39 is 0 Å². The number of hydrogen-bond acceptors (Lipinski definition) is 3. The van der Waals surface area contributed by atoms with E-state index in [9.17, 15) is 4.79 Å². The first-order valence-corrected chi connectivity index (χ1v) is 17.2. The molecule has 3 aromatic heterocycles. The maximum Gasteiger partial charge on any atom is 2.00 e. The molecule has 0 N–H and O–H groups in total. The summed E-state index contributed by atoms with van der Waals surface area (Å²) < 4.78 is 0. The summed E-state index contributed by atoms with van der Waals surface area (Å²) in [6.07, 6.45) is 12.4. The van der Waals surface area contributed by atoms with E-state index in [4.69, 9.17) is 19.9 Å². The molecule has 0 spiro atoms. The molecule has 2 aliphatic rings. The third-order valence-electron chi connectivity index (χ3n) is 9.35. The van der Waals surface area contributed by atoms with Crippen LogP contribution in [0.25, 0.3) is 97.0 Å². The van der Waals surface area contributed by atoms with Crippen LogP contribution in [0.1, 0.15) is 28.3 Å². The van der Waals surface area contributed by atoms with Crippen LogP contribution in [0.5, 0.6) is 0 Å². The number of aldehydes is 1. The zero-order valence-corrected chi connectivity index (χ0v) is 31.7. The Morgan fingerprint density at radius 2 is 0.811 bits per heavy atom. The molecule has 0 saturated heterocycles. The summed E-state index contributed by atoms with van der Waals surface area (Å²) in [6, 6.07) is 47.2. The molecule has 8 bridgehead atoms. The van der Waals surface area contributed by atoms with Crippen molar-refractivity contribution >= 4 is 58.7 Å². The molecule has 53 heavy (non-hydrogen) atoms. The van der Waals surface area contributed by atoms with Crippen molar-refractivity contribution in [3.05, 3.63) is 174 Å². The van der Waals surface area contributed by atoms with Crippen LogP contribution in [0.3, 0.4) is 0 Å². The van der Waals surface area contributed by atoms with Gasteiger partial charge in [-0.2, -0.15) is 0 Å². The average Bonchev–Trinajstić information content (AvgIpc) is 4.03. The second-order valence-corrected chi connectivity index (χ2v) is 12.6. The summed E-state index contributed by atoms with van der Waals surface area (Å²) in [5.41, 5.74) is 14.7. The molecule has 0 fully saturated rings. The van der Waals surface area contributed by atoms with Crippen molar-refractivity contribution in [1.29, 1.82) is 0 Å². The van der Waals surface area contributed by atoms with Crippen LogP contribution in [0.15, 0.2) is 146 Å². The fraction of sp³-hybridized carbons (Fsp3) is 0. The van der Waals surface area contributed by atoms with Gasteiger partial charge in [0.05, 0.1) is 22.8 Å². The second kappa shape index (κ2) is 14.6. The van der Waals surface area contributed by atoms with Crippen LogP contribution >= 0.6 is 0 Å². The third-order valence-corrected chi connectivity index (χ3v) is 9.35. The molecule has 0 atom stereocenters. The van der Waals surface area contributed by atoms with Crippen LogP contribution in [-0.4, -0.2) is 16.3 Å². The molecule has 0 saturated carbocycles. The van der Waals surface area contributed by atoms with Crippen LogP contribution in [-0.2, 0) is 24.3 Å². The van der Waals surface area contributed by atoms with E-state index in [0.29, 0.717) is 0 Å². The Labute approximate surface area is 319 Å². The number of nitrogens with zero attached hydrogens (tertiary/aromatic N) is 4. The summed E-state index contributed by atoms with van der Waals surface area (Å²) in [5, 5.41) is 0. The van der Waals surface area contributed by atoms with Gasteiger partial charge in [-0.3, -0.25) is 4.79 Å². The van der Waals surface area contributed by atoms with E-state index in [1.807, 2.05) is 84.9 Å². The molecule has 0 amide bonds. The van der Waals surface area contributed by atoms with Crippen LogP contribution in [0.4, 0.5) is 0 Å². The van der Waals surface area contributed by atoms with Crippen molar-refractivity contribution in [2.24, 2.45) is 0 Å². The summed E-state index contributed by atoms with van der Waals surface area (Å²) in [7, 11) is 0. The Kier molecular flexibility index (Phi) is 9.29. The first-order chi connectivity index (χ1) is 25.7. The van der Waals surface area contributed by atoms with Gasteiger partial charge in [-0.15, -0.1) is 22.1 Å². The van der Waals surface area contributed by atoms with Crippen molar-refractivity contribution in [1.82, 2.24) is 19.9 Å². The molecule has 0 unspecified atom stereocenters. The first kappa shape index (κ1) is 33.6. The van der Waals surface area contributed by atoms with Gasteiger partial charge in [0, 0.05) is 0 Å². The third kappa shape index (κ3) is 6.35. The van der Waals surface area contributed by atoms with E-state index in [1.54, 1.807) is 0 Å². The molecule has 7 aromatic rings. The quantitative estimate of drug-likeness (QED) is 0.0967. The van der Waals surface area contributed by atoms with Gasteiger partial charge in [-0.1, -0.05) is 146 Å². The van der Waals surface area contributed by atoms with Crippen molar-refractivity contribution in [2.75, 3.05) is 0 Å². The molecule has 5 heterocycles. The number of rotatable bonds is 6. The Hall–Kier alpha value is -6.49. The SMILES string of the molecule is O=C/C=C/c1cc2[n-]c1c(-c1ccccc1)c1nc(c(-c3ccccc3)c3ccc([n-]3)c(-c3ccccc3)c3nc(c2-c2ccccc2)C=C3)C=C1.[Zn+2]. The van der Waals surface area contributed by atoms with Crippen molar-refractivity contribution in [3.8, 4) is 44.5 Å². The zero-order chi connectivity index (χ0) is 34.9. The van der Waals surface area contributed by atoms with Crippen molar-refractivity contribution in [3.63, 3.8) is 0 Å². The minimum atomic E-state index is 0. The second-order valence-electron chi connectivity index (χ2n) is 12.6. The van der Waals surface area contributed by atoms with Crippen LogP contribution in [0.2, 0.25) is 0 Å². The molecule has 9 rings (SSSR count). The van der Waals surface area contributed by atoms with Gasteiger partial charge in [0.15, 0.2) is 0 Å². The van der Waals surface area contributed by atoms with Gasteiger partial charge in [-0.25, -0.2) is 9.97 Å². The molecular weight excluding hydrogens is 702 g/mol. The number of carbonyl (C=O) groups excluding carboxylic acids is 1. The molecule has 246 valence electrons. The minimum absolute atomic E-state index is 0. The normalized spacial score (nSPS) is 11.8. The van der Waals surface area contributed by atoms with Crippen LogP contribution in [0, 0.1) is 0 Å². The molecule has 4 aromatic carbocycles. The summed E-state index contributed by atoms with van der Waals surface area (Å²) in [4.78, 5) is 33.1. The van der Waals surface area contributed by atoms with Gasteiger partial charge in [0.25, 0.3) is 0 Å². The van der Waals surface area contributed by atoms with Crippen LogP contribution < -0.4 is 9.97 Å². The van der Waals surface area contributed by atoms with E-state index in [0.717, 1.165) is 101 Å². The summed E-state index contributed by atoms with van der Waals surface area (Å²) in [5.74, 6) is 0. The predicted molar refractivity (Wildman–Crippen MR) is 214 cm³/mol. The molecule has 0 radical (unpaired) electrons. The van der Waals surface area contributed by atoms with Gasteiger partial charge in [0.1, 0.15) is 6.29 Å². The van der Waals surface area contributed by atoms with Crippen molar-refractivity contribution in [2.45, 2.75) is 0 Å². The largest absolute Gasteiger partial charge is 2.00 e. The Bertz CT molecular complexity index is 2730. The number of benzene rings is 4. The fourth-order valence-corrected chi connectivity index (χ4v) is 7.06. The van der Waals surface area contributed by atoms with Gasteiger partial charge in [0.2, 0.25) is 0 Å². The number of carbonyl (C=O) groups is 1. The van der Waals surface area contributed by atoms with Gasteiger partial charge >= 0.3 is 19.5 Å². The average molecular weight is 732 g/mol.